The lowest BCUT2D eigenvalue weighted by Gasteiger charge is -2.27. The lowest BCUT2D eigenvalue weighted by atomic mass is 9.95. The molecule has 0 saturated carbocycles. The first-order valence-electron chi connectivity index (χ1n) is 9.41. The van der Waals surface area contributed by atoms with Crippen LogP contribution in [0.5, 0.6) is 5.75 Å². The average molecular weight is 374 g/mol. The molecule has 0 aliphatic heterocycles. The Morgan fingerprint density at radius 3 is 1.96 bits per heavy atom. The van der Waals surface area contributed by atoms with Crippen molar-refractivity contribution < 1.29 is 9.90 Å². The molecule has 0 fully saturated rings. The molecule has 3 aromatic rings. The van der Waals surface area contributed by atoms with Gasteiger partial charge in [-0.3, -0.25) is 4.79 Å². The van der Waals surface area contributed by atoms with Gasteiger partial charge in [-0.25, -0.2) is 0 Å². The Labute approximate surface area is 166 Å². The molecule has 0 saturated heterocycles. The van der Waals surface area contributed by atoms with Crippen LogP contribution in [0, 0.1) is 6.92 Å². The second-order valence-corrected chi connectivity index (χ2v) is 7.15. The summed E-state index contributed by atoms with van der Waals surface area (Å²) in [5, 5.41) is 10.3. The Morgan fingerprint density at radius 2 is 1.46 bits per heavy atom. The molecule has 0 radical (unpaired) electrons. The van der Waals surface area contributed by atoms with Crippen molar-refractivity contribution in [1.29, 1.82) is 0 Å². The average Bonchev–Trinajstić information content (AvgIpc) is 2.71. The van der Waals surface area contributed by atoms with Gasteiger partial charge >= 0.3 is 0 Å². The number of nitrogens with two attached hydrogens (primary N) is 1. The van der Waals surface area contributed by atoms with Gasteiger partial charge in [0.25, 0.3) is 0 Å². The number of benzene rings is 3. The van der Waals surface area contributed by atoms with E-state index in [1.807, 2.05) is 79.4 Å². The topological polar surface area (TPSA) is 66.6 Å². The molecule has 28 heavy (non-hydrogen) atoms. The Kier molecular flexibility index (Phi) is 5.99. The van der Waals surface area contributed by atoms with E-state index >= 15 is 0 Å². The van der Waals surface area contributed by atoms with Crippen molar-refractivity contribution in [1.82, 2.24) is 4.90 Å². The van der Waals surface area contributed by atoms with Crippen LogP contribution < -0.4 is 5.73 Å². The molecule has 1 atom stereocenters. The lowest BCUT2D eigenvalue weighted by molar-refractivity contribution is -0.133. The maximum Gasteiger partial charge on any atom is 0.230 e. The number of aryl methyl sites for hydroxylation is 1. The van der Waals surface area contributed by atoms with Gasteiger partial charge in [-0.1, -0.05) is 60.7 Å². The number of anilines is 1. The first-order valence-corrected chi connectivity index (χ1v) is 9.41. The first-order chi connectivity index (χ1) is 13.5. The van der Waals surface area contributed by atoms with Gasteiger partial charge in [0.2, 0.25) is 5.91 Å². The minimum Gasteiger partial charge on any atom is -0.508 e. The van der Waals surface area contributed by atoms with E-state index < -0.39 is 5.92 Å². The van der Waals surface area contributed by atoms with E-state index in [2.05, 4.69) is 0 Å². The highest BCUT2D eigenvalue weighted by Crippen LogP contribution is 2.32. The molecule has 0 spiro atoms. The third-order valence-electron chi connectivity index (χ3n) is 5.00. The van der Waals surface area contributed by atoms with Crippen molar-refractivity contribution in [3.63, 3.8) is 0 Å². The van der Waals surface area contributed by atoms with Gasteiger partial charge in [0, 0.05) is 30.4 Å². The van der Waals surface area contributed by atoms with Crippen LogP contribution in [0.1, 0.15) is 35.1 Å². The van der Waals surface area contributed by atoms with Crippen molar-refractivity contribution in [2.75, 3.05) is 5.73 Å². The van der Waals surface area contributed by atoms with Gasteiger partial charge in [-0.15, -0.1) is 0 Å². The largest absolute Gasteiger partial charge is 0.508 e. The summed E-state index contributed by atoms with van der Waals surface area (Å²) >= 11 is 0. The molecule has 1 amide bonds. The molecule has 0 bridgehead atoms. The molecule has 144 valence electrons. The summed E-state index contributed by atoms with van der Waals surface area (Å²) in [5.74, 6) is -0.456. The summed E-state index contributed by atoms with van der Waals surface area (Å²) in [7, 11) is 0. The van der Waals surface area contributed by atoms with Crippen LogP contribution in [-0.4, -0.2) is 15.9 Å². The normalized spacial score (nSPS) is 11.8. The summed E-state index contributed by atoms with van der Waals surface area (Å²) < 4.78 is 0. The number of carbonyl (C=O) groups excluding carboxylic acids is 1. The second kappa shape index (κ2) is 8.61. The SMILES string of the molecule is Cc1cc(C(C)C(=O)N(Cc2ccccc2)Cc2ccccc2)c(O)cc1N. The number of aromatic hydroxyl groups is 1. The number of phenols is 1. The van der Waals surface area contributed by atoms with Crippen LogP contribution in [0.4, 0.5) is 5.69 Å². The Morgan fingerprint density at radius 1 is 0.964 bits per heavy atom. The Bertz CT molecular complexity index is 898. The number of nitrogen functional groups attached to an aromatic ring is 1. The predicted octanol–water partition coefficient (Wildman–Crippen LogP) is 4.62. The maximum atomic E-state index is 13.4. The molecular weight excluding hydrogens is 348 g/mol. The van der Waals surface area contributed by atoms with Crippen LogP contribution in [0.2, 0.25) is 0 Å². The number of phenolic OH excluding ortho intramolecular Hbond substituents is 1. The Balaban J connectivity index is 1.89. The standard InChI is InChI=1S/C24H26N2O2/c1-17-13-21(23(27)14-22(17)25)18(2)24(28)26(15-19-9-5-3-6-10-19)16-20-11-7-4-8-12-20/h3-14,18,27H,15-16,25H2,1-2H3. The van der Waals surface area contributed by atoms with Crippen molar-refractivity contribution in [2.45, 2.75) is 32.9 Å². The van der Waals surface area contributed by atoms with Crippen LogP contribution >= 0.6 is 0 Å². The molecule has 4 heteroatoms. The van der Waals surface area contributed by atoms with Crippen LogP contribution in [-0.2, 0) is 17.9 Å². The molecule has 3 aromatic carbocycles. The molecule has 1 unspecified atom stereocenters. The first kappa shape index (κ1) is 19.5. The molecular formula is C24H26N2O2. The molecule has 3 N–H and O–H groups in total. The minimum absolute atomic E-state index is 0.0350. The maximum absolute atomic E-state index is 13.4. The third kappa shape index (κ3) is 4.52. The van der Waals surface area contributed by atoms with Crippen molar-refractivity contribution in [3.05, 3.63) is 95.1 Å². The molecule has 4 nitrogen and oxygen atoms in total. The van der Waals surface area contributed by atoms with E-state index in [1.165, 1.54) is 6.07 Å². The van der Waals surface area contributed by atoms with E-state index in [9.17, 15) is 9.90 Å². The van der Waals surface area contributed by atoms with Gasteiger partial charge in [-0.05, 0) is 36.6 Å². The zero-order valence-electron chi connectivity index (χ0n) is 16.3. The number of nitrogens with zero attached hydrogens (tertiary/aromatic N) is 1. The number of carbonyl (C=O) groups is 1. The summed E-state index contributed by atoms with van der Waals surface area (Å²) in [6, 6.07) is 23.2. The third-order valence-corrected chi connectivity index (χ3v) is 5.00. The van der Waals surface area contributed by atoms with E-state index in [0.29, 0.717) is 24.3 Å². The van der Waals surface area contributed by atoms with Gasteiger partial charge in [0.15, 0.2) is 0 Å². The van der Waals surface area contributed by atoms with Crippen molar-refractivity contribution in [2.24, 2.45) is 0 Å². The highest BCUT2D eigenvalue weighted by molar-refractivity contribution is 5.84. The zero-order valence-corrected chi connectivity index (χ0v) is 16.3. The molecule has 0 heterocycles. The lowest BCUT2D eigenvalue weighted by Crippen LogP contribution is -2.33. The minimum atomic E-state index is -0.480. The van der Waals surface area contributed by atoms with Crippen LogP contribution in [0.15, 0.2) is 72.8 Å². The molecule has 3 rings (SSSR count). The van der Waals surface area contributed by atoms with Gasteiger partial charge < -0.3 is 15.7 Å². The Hall–Kier alpha value is -3.27. The van der Waals surface area contributed by atoms with E-state index in [-0.39, 0.29) is 11.7 Å². The van der Waals surface area contributed by atoms with Crippen LogP contribution in [0.3, 0.4) is 0 Å². The van der Waals surface area contributed by atoms with Gasteiger partial charge in [0.1, 0.15) is 5.75 Å². The van der Waals surface area contributed by atoms with E-state index in [0.717, 1.165) is 16.7 Å². The number of rotatable bonds is 6. The fraction of sp³-hybridized carbons (Fsp3) is 0.208. The molecule has 0 aliphatic carbocycles. The summed E-state index contributed by atoms with van der Waals surface area (Å²) in [6.07, 6.45) is 0. The fourth-order valence-electron chi connectivity index (χ4n) is 3.31. The van der Waals surface area contributed by atoms with E-state index in [4.69, 9.17) is 5.73 Å². The highest BCUT2D eigenvalue weighted by atomic mass is 16.3. The molecule has 0 aromatic heterocycles. The second-order valence-electron chi connectivity index (χ2n) is 7.15. The van der Waals surface area contributed by atoms with Gasteiger partial charge in [-0.2, -0.15) is 0 Å². The summed E-state index contributed by atoms with van der Waals surface area (Å²) in [5.41, 5.74) is 9.98. The number of hydrogen-bond acceptors (Lipinski definition) is 3. The zero-order chi connectivity index (χ0) is 20.1. The number of amides is 1. The molecule has 0 aliphatic rings. The quantitative estimate of drug-likeness (QED) is 0.619. The van der Waals surface area contributed by atoms with Gasteiger partial charge in [0.05, 0.1) is 5.92 Å². The van der Waals surface area contributed by atoms with E-state index in [1.54, 1.807) is 6.07 Å². The fourth-order valence-corrected chi connectivity index (χ4v) is 3.31. The summed E-state index contributed by atoms with van der Waals surface area (Å²) in [6.45, 7) is 4.72. The highest BCUT2D eigenvalue weighted by Gasteiger charge is 2.25. The van der Waals surface area contributed by atoms with Crippen molar-refractivity contribution >= 4 is 11.6 Å². The number of hydrogen-bond donors (Lipinski definition) is 2. The smallest absolute Gasteiger partial charge is 0.230 e. The monoisotopic (exact) mass is 374 g/mol. The van der Waals surface area contributed by atoms with Crippen molar-refractivity contribution in [3.8, 4) is 5.75 Å². The summed E-state index contributed by atoms with van der Waals surface area (Å²) in [4.78, 5) is 15.2. The predicted molar refractivity (Wildman–Crippen MR) is 113 cm³/mol. The van der Waals surface area contributed by atoms with Crippen LogP contribution in [0.25, 0.3) is 0 Å².